The maximum absolute atomic E-state index is 12.0. The molecule has 0 aliphatic carbocycles. The summed E-state index contributed by atoms with van der Waals surface area (Å²) >= 11 is 8.65. The third-order valence-corrected chi connectivity index (χ3v) is 6.01. The van der Waals surface area contributed by atoms with Crippen LogP contribution in [0.25, 0.3) is 10.2 Å². The number of amides is 1. The van der Waals surface area contributed by atoms with Gasteiger partial charge in [0.15, 0.2) is 4.34 Å². The fourth-order valence-corrected chi connectivity index (χ4v) is 4.21. The Labute approximate surface area is 167 Å². The lowest BCUT2D eigenvalue weighted by Gasteiger charge is -2.03. The Kier molecular flexibility index (Phi) is 6.04. The largest absolute Gasteiger partial charge is 0.288 e. The van der Waals surface area contributed by atoms with Crippen molar-refractivity contribution in [1.82, 2.24) is 10.4 Å². The van der Waals surface area contributed by atoms with Crippen LogP contribution in [-0.2, 0) is 4.79 Å². The van der Waals surface area contributed by atoms with Crippen molar-refractivity contribution < 1.29 is 9.72 Å². The van der Waals surface area contributed by atoms with Gasteiger partial charge in [0, 0.05) is 11.6 Å². The summed E-state index contributed by atoms with van der Waals surface area (Å²) in [4.78, 5) is 26.8. The van der Waals surface area contributed by atoms with E-state index in [0.717, 1.165) is 14.6 Å². The number of hydrogen-bond acceptors (Lipinski definition) is 7. The number of hydrogen-bond donors (Lipinski definition) is 1. The van der Waals surface area contributed by atoms with Crippen LogP contribution in [0.3, 0.4) is 0 Å². The number of nitrogens with zero attached hydrogens (tertiary/aromatic N) is 3. The van der Waals surface area contributed by atoms with Gasteiger partial charge >= 0.3 is 0 Å². The lowest BCUT2D eigenvalue weighted by Crippen LogP contribution is -2.21. The number of nitrogens with one attached hydrogen (secondary N) is 1. The number of carbonyl (C=O) groups excluding carboxylic acids is 1. The smallest absolute Gasteiger partial charge is 0.272 e. The van der Waals surface area contributed by atoms with E-state index in [1.54, 1.807) is 13.0 Å². The van der Waals surface area contributed by atoms with E-state index in [4.69, 9.17) is 11.6 Å². The maximum Gasteiger partial charge on any atom is 0.288 e. The quantitative estimate of drug-likeness (QED) is 0.274. The van der Waals surface area contributed by atoms with Crippen molar-refractivity contribution in [2.24, 2.45) is 5.10 Å². The van der Waals surface area contributed by atoms with Crippen molar-refractivity contribution in [2.75, 3.05) is 5.75 Å². The summed E-state index contributed by atoms with van der Waals surface area (Å²) in [5.74, 6) is -0.126. The van der Waals surface area contributed by atoms with Crippen molar-refractivity contribution in [3.8, 4) is 0 Å². The van der Waals surface area contributed by atoms with Crippen LogP contribution in [0.5, 0.6) is 0 Å². The predicted octanol–water partition coefficient (Wildman–Crippen LogP) is 4.49. The number of para-hydroxylation sites is 1. The van der Waals surface area contributed by atoms with E-state index >= 15 is 0 Å². The number of fused-ring (bicyclic) bond motifs is 1. The molecule has 0 bridgehead atoms. The van der Waals surface area contributed by atoms with Gasteiger partial charge in [-0.1, -0.05) is 41.6 Å². The fourth-order valence-electron chi connectivity index (χ4n) is 2.16. The molecule has 1 aromatic heterocycles. The fraction of sp³-hybridized carbons (Fsp3) is 0.118. The zero-order valence-corrected chi connectivity index (χ0v) is 16.4. The molecule has 0 saturated carbocycles. The van der Waals surface area contributed by atoms with Gasteiger partial charge in [0.25, 0.3) is 11.6 Å². The van der Waals surface area contributed by atoms with Crippen LogP contribution in [-0.4, -0.2) is 27.3 Å². The number of nitro benzene ring substituents is 1. The van der Waals surface area contributed by atoms with Gasteiger partial charge in [0.1, 0.15) is 5.02 Å². The minimum atomic E-state index is -0.563. The number of benzene rings is 2. The molecule has 27 heavy (non-hydrogen) atoms. The average molecular weight is 421 g/mol. The third-order valence-electron chi connectivity index (χ3n) is 3.51. The van der Waals surface area contributed by atoms with Gasteiger partial charge in [-0.2, -0.15) is 5.10 Å². The first kappa shape index (κ1) is 19.3. The standard InChI is InChI=1S/C17H13ClN4O3S2/c1-10(11-6-7-12(18)14(8-11)22(24)25)20-21-16(23)9-26-17-19-13-4-2-3-5-15(13)27-17/h2-8H,9H2,1H3,(H,21,23)/b20-10+. The highest BCUT2D eigenvalue weighted by Crippen LogP contribution is 2.29. The Balaban J connectivity index is 1.60. The second kappa shape index (κ2) is 8.47. The van der Waals surface area contributed by atoms with Crippen molar-refractivity contribution in [3.05, 3.63) is 63.2 Å². The molecule has 0 radical (unpaired) electrons. The summed E-state index contributed by atoms with van der Waals surface area (Å²) in [5, 5.41) is 15.0. The van der Waals surface area contributed by atoms with E-state index < -0.39 is 4.92 Å². The van der Waals surface area contributed by atoms with Gasteiger partial charge in [-0.05, 0) is 25.1 Å². The molecule has 2 aromatic carbocycles. The summed E-state index contributed by atoms with van der Waals surface area (Å²) < 4.78 is 1.87. The molecule has 0 atom stereocenters. The molecule has 0 fully saturated rings. The highest BCUT2D eigenvalue weighted by atomic mass is 35.5. The molecule has 10 heteroatoms. The van der Waals surface area contributed by atoms with E-state index in [1.807, 2.05) is 24.3 Å². The Morgan fingerprint density at radius 1 is 1.37 bits per heavy atom. The highest BCUT2D eigenvalue weighted by Gasteiger charge is 2.14. The minimum absolute atomic E-state index is 0.0489. The van der Waals surface area contributed by atoms with Crippen molar-refractivity contribution in [1.29, 1.82) is 0 Å². The van der Waals surface area contributed by atoms with Crippen LogP contribution in [0, 0.1) is 10.1 Å². The van der Waals surface area contributed by atoms with Crippen LogP contribution < -0.4 is 5.43 Å². The molecule has 3 aromatic rings. The molecule has 3 rings (SSSR count). The van der Waals surface area contributed by atoms with Crippen molar-refractivity contribution in [3.63, 3.8) is 0 Å². The number of nitro groups is 1. The van der Waals surface area contributed by atoms with Gasteiger partial charge in [-0.15, -0.1) is 11.3 Å². The molecular formula is C17H13ClN4O3S2. The summed E-state index contributed by atoms with van der Waals surface area (Å²) in [6.45, 7) is 1.65. The monoisotopic (exact) mass is 420 g/mol. The first-order valence-electron chi connectivity index (χ1n) is 7.70. The summed E-state index contributed by atoms with van der Waals surface area (Å²) in [6.07, 6.45) is 0. The predicted molar refractivity (Wildman–Crippen MR) is 109 cm³/mol. The molecule has 0 saturated heterocycles. The number of aromatic nitrogens is 1. The molecule has 0 aliphatic rings. The second-order valence-electron chi connectivity index (χ2n) is 5.39. The zero-order valence-electron chi connectivity index (χ0n) is 14.0. The SMILES string of the molecule is C/C(=N\NC(=O)CSc1nc2ccccc2s1)c1ccc(Cl)c([N+](=O)[O-])c1. The van der Waals surface area contributed by atoms with E-state index in [9.17, 15) is 14.9 Å². The summed E-state index contributed by atoms with van der Waals surface area (Å²) in [6, 6.07) is 12.1. The first-order valence-corrected chi connectivity index (χ1v) is 9.88. The van der Waals surface area contributed by atoms with Crippen LogP contribution in [0.1, 0.15) is 12.5 Å². The molecule has 7 nitrogen and oxygen atoms in total. The van der Waals surface area contributed by atoms with Gasteiger partial charge < -0.3 is 0 Å². The van der Waals surface area contributed by atoms with E-state index in [2.05, 4.69) is 15.5 Å². The van der Waals surface area contributed by atoms with Crippen LogP contribution >= 0.6 is 34.7 Å². The molecule has 0 spiro atoms. The van der Waals surface area contributed by atoms with Crippen molar-refractivity contribution >= 4 is 62.2 Å². The Bertz CT molecular complexity index is 1020. The number of carbonyl (C=O) groups is 1. The van der Waals surface area contributed by atoms with E-state index in [1.165, 1.54) is 35.2 Å². The maximum atomic E-state index is 12.0. The van der Waals surface area contributed by atoms with E-state index in [-0.39, 0.29) is 22.4 Å². The minimum Gasteiger partial charge on any atom is -0.272 e. The number of thiazole rings is 1. The molecule has 1 heterocycles. The van der Waals surface area contributed by atoms with Crippen LogP contribution in [0.15, 0.2) is 51.9 Å². The molecule has 1 amide bonds. The topological polar surface area (TPSA) is 97.5 Å². The second-order valence-corrected chi connectivity index (χ2v) is 8.05. The Morgan fingerprint density at radius 2 is 2.15 bits per heavy atom. The van der Waals surface area contributed by atoms with E-state index in [0.29, 0.717) is 11.3 Å². The van der Waals surface area contributed by atoms with Crippen LogP contribution in [0.4, 0.5) is 5.69 Å². The Hall–Kier alpha value is -2.49. The number of thioether (sulfide) groups is 1. The first-order chi connectivity index (χ1) is 12.9. The normalized spacial score (nSPS) is 11.6. The number of hydrazone groups is 1. The van der Waals surface area contributed by atoms with Gasteiger partial charge in [-0.25, -0.2) is 10.4 Å². The van der Waals surface area contributed by atoms with Crippen molar-refractivity contribution in [2.45, 2.75) is 11.3 Å². The van der Waals surface area contributed by atoms with Crippen LogP contribution in [0.2, 0.25) is 5.02 Å². The average Bonchev–Trinajstić information content (AvgIpc) is 3.07. The lowest BCUT2D eigenvalue weighted by atomic mass is 10.1. The Morgan fingerprint density at radius 3 is 2.89 bits per heavy atom. The molecule has 0 unspecified atom stereocenters. The van der Waals surface area contributed by atoms with Gasteiger partial charge in [-0.3, -0.25) is 14.9 Å². The summed E-state index contributed by atoms with van der Waals surface area (Å²) in [7, 11) is 0. The zero-order chi connectivity index (χ0) is 19.4. The third kappa shape index (κ3) is 4.82. The molecule has 138 valence electrons. The number of rotatable bonds is 6. The molecule has 0 aliphatic heterocycles. The molecule has 1 N–H and O–H groups in total. The van der Waals surface area contributed by atoms with Gasteiger partial charge in [0.2, 0.25) is 0 Å². The lowest BCUT2D eigenvalue weighted by molar-refractivity contribution is -0.384. The number of halogens is 1. The van der Waals surface area contributed by atoms with Gasteiger partial charge in [0.05, 0.1) is 26.6 Å². The molecular weight excluding hydrogens is 408 g/mol. The highest BCUT2D eigenvalue weighted by molar-refractivity contribution is 8.01. The summed E-state index contributed by atoms with van der Waals surface area (Å²) in [5.41, 5.74) is 4.09.